The highest BCUT2D eigenvalue weighted by Crippen LogP contribution is 2.15. The highest BCUT2D eigenvalue weighted by molar-refractivity contribution is 6.30. The fourth-order valence-corrected chi connectivity index (χ4v) is 2.58. The van der Waals surface area contributed by atoms with E-state index in [4.69, 9.17) is 11.6 Å². The first-order chi connectivity index (χ1) is 12.6. The van der Waals surface area contributed by atoms with Crippen LogP contribution in [0.25, 0.3) is 0 Å². The summed E-state index contributed by atoms with van der Waals surface area (Å²) in [5.74, 6) is 0.658. The Kier molecular flexibility index (Phi) is 5.81. The maximum absolute atomic E-state index is 12.2. The van der Waals surface area contributed by atoms with E-state index in [1.807, 2.05) is 31.3 Å². The van der Waals surface area contributed by atoms with Gasteiger partial charge in [0.1, 0.15) is 5.82 Å². The van der Waals surface area contributed by atoms with E-state index in [0.717, 1.165) is 18.8 Å². The third-order valence-corrected chi connectivity index (χ3v) is 4.24. The number of hydrogen-bond donors (Lipinski definition) is 1. The number of carbonyl (C=O) groups excluding carboxylic acids is 1. The van der Waals surface area contributed by atoms with E-state index in [9.17, 15) is 4.79 Å². The molecular formula is C20H19ClN4O. The number of anilines is 2. The molecule has 0 aliphatic heterocycles. The van der Waals surface area contributed by atoms with Gasteiger partial charge in [0.15, 0.2) is 0 Å². The summed E-state index contributed by atoms with van der Waals surface area (Å²) >= 11 is 5.84. The van der Waals surface area contributed by atoms with E-state index in [-0.39, 0.29) is 5.91 Å². The summed E-state index contributed by atoms with van der Waals surface area (Å²) in [6.07, 6.45) is 6.17. The number of rotatable bonds is 6. The molecule has 0 spiro atoms. The Labute approximate surface area is 157 Å². The third-order valence-electron chi connectivity index (χ3n) is 3.99. The van der Waals surface area contributed by atoms with Crippen molar-refractivity contribution < 1.29 is 4.79 Å². The monoisotopic (exact) mass is 366 g/mol. The Bertz CT molecular complexity index is 851. The smallest absolute Gasteiger partial charge is 0.255 e. The van der Waals surface area contributed by atoms with Crippen LogP contribution >= 0.6 is 11.6 Å². The SMILES string of the molecule is CN(CCc1ccncc1)c1ccc(NC(=O)c2ccc(Cl)cc2)cn1. The Morgan fingerprint density at radius 1 is 1.08 bits per heavy atom. The number of pyridine rings is 2. The molecular weight excluding hydrogens is 348 g/mol. The van der Waals surface area contributed by atoms with Crippen molar-refractivity contribution in [1.29, 1.82) is 0 Å². The average molecular weight is 367 g/mol. The van der Waals surface area contributed by atoms with Crippen LogP contribution in [-0.4, -0.2) is 29.5 Å². The first-order valence-corrected chi connectivity index (χ1v) is 8.62. The molecule has 6 heteroatoms. The van der Waals surface area contributed by atoms with Crippen LogP contribution in [0.1, 0.15) is 15.9 Å². The molecule has 2 heterocycles. The molecule has 26 heavy (non-hydrogen) atoms. The molecule has 0 saturated carbocycles. The summed E-state index contributed by atoms with van der Waals surface area (Å²) in [7, 11) is 2.00. The van der Waals surface area contributed by atoms with E-state index in [2.05, 4.69) is 20.2 Å². The van der Waals surface area contributed by atoms with Gasteiger partial charge in [-0.1, -0.05) is 11.6 Å². The van der Waals surface area contributed by atoms with Gasteiger partial charge in [-0.2, -0.15) is 0 Å². The van der Waals surface area contributed by atoms with Crippen LogP contribution in [0.15, 0.2) is 67.1 Å². The quantitative estimate of drug-likeness (QED) is 0.714. The van der Waals surface area contributed by atoms with Gasteiger partial charge in [0.25, 0.3) is 5.91 Å². The lowest BCUT2D eigenvalue weighted by Crippen LogP contribution is -2.21. The van der Waals surface area contributed by atoms with E-state index in [1.54, 1.807) is 42.9 Å². The molecule has 0 aliphatic carbocycles. The Morgan fingerprint density at radius 2 is 1.81 bits per heavy atom. The van der Waals surface area contributed by atoms with Gasteiger partial charge in [0, 0.05) is 36.6 Å². The number of nitrogens with zero attached hydrogens (tertiary/aromatic N) is 3. The van der Waals surface area contributed by atoms with Gasteiger partial charge >= 0.3 is 0 Å². The second kappa shape index (κ2) is 8.45. The van der Waals surface area contributed by atoms with Crippen LogP contribution in [-0.2, 0) is 6.42 Å². The molecule has 1 N–H and O–H groups in total. The summed E-state index contributed by atoms with van der Waals surface area (Å²) in [5, 5.41) is 3.43. The Hall–Kier alpha value is -2.92. The lowest BCUT2D eigenvalue weighted by molar-refractivity contribution is 0.102. The maximum Gasteiger partial charge on any atom is 0.255 e. The first-order valence-electron chi connectivity index (χ1n) is 8.25. The number of amides is 1. The summed E-state index contributed by atoms with van der Waals surface area (Å²) < 4.78 is 0. The second-order valence-corrected chi connectivity index (χ2v) is 6.33. The zero-order valence-electron chi connectivity index (χ0n) is 14.4. The van der Waals surface area contributed by atoms with Crippen LogP contribution < -0.4 is 10.2 Å². The molecule has 3 rings (SSSR count). The average Bonchev–Trinajstić information content (AvgIpc) is 2.68. The van der Waals surface area contributed by atoms with Crippen LogP contribution in [0.5, 0.6) is 0 Å². The van der Waals surface area contributed by atoms with Crippen molar-refractivity contribution in [2.24, 2.45) is 0 Å². The van der Waals surface area contributed by atoms with Gasteiger partial charge in [0.05, 0.1) is 11.9 Å². The largest absolute Gasteiger partial charge is 0.359 e. The summed E-state index contributed by atoms with van der Waals surface area (Å²) in [6.45, 7) is 0.841. The molecule has 0 radical (unpaired) electrons. The van der Waals surface area contributed by atoms with Crippen molar-refractivity contribution in [2.75, 3.05) is 23.8 Å². The molecule has 132 valence electrons. The zero-order chi connectivity index (χ0) is 18.4. The van der Waals surface area contributed by atoms with Crippen molar-refractivity contribution >= 4 is 29.0 Å². The highest BCUT2D eigenvalue weighted by Gasteiger charge is 2.07. The van der Waals surface area contributed by atoms with E-state index < -0.39 is 0 Å². The van der Waals surface area contributed by atoms with Gasteiger partial charge in [0.2, 0.25) is 0 Å². The molecule has 0 saturated heterocycles. The Balaban J connectivity index is 1.57. The number of hydrogen-bond acceptors (Lipinski definition) is 4. The van der Waals surface area contributed by atoms with E-state index in [0.29, 0.717) is 16.3 Å². The standard InChI is InChI=1S/C20H19ClN4O/c1-25(13-10-15-8-11-22-12-9-15)19-7-6-18(14-23-19)24-20(26)16-2-4-17(21)5-3-16/h2-9,11-12,14H,10,13H2,1H3,(H,24,26). The highest BCUT2D eigenvalue weighted by atomic mass is 35.5. The van der Waals surface area contributed by atoms with Crippen molar-refractivity contribution in [3.8, 4) is 0 Å². The molecule has 0 aliphatic rings. The van der Waals surface area contributed by atoms with Crippen LogP contribution in [0.4, 0.5) is 11.5 Å². The number of likely N-dealkylation sites (N-methyl/N-ethyl adjacent to an activating group) is 1. The van der Waals surface area contributed by atoms with E-state index >= 15 is 0 Å². The summed E-state index contributed by atoms with van der Waals surface area (Å²) in [6, 6.07) is 14.5. The minimum atomic E-state index is -0.192. The molecule has 3 aromatic rings. The number of aromatic nitrogens is 2. The third kappa shape index (κ3) is 4.80. The van der Waals surface area contributed by atoms with Crippen molar-refractivity contribution in [2.45, 2.75) is 6.42 Å². The molecule has 0 atom stereocenters. The normalized spacial score (nSPS) is 10.4. The lowest BCUT2D eigenvalue weighted by Gasteiger charge is -2.18. The first kappa shape index (κ1) is 17.9. The summed E-state index contributed by atoms with van der Waals surface area (Å²) in [4.78, 5) is 22.7. The second-order valence-electron chi connectivity index (χ2n) is 5.89. The van der Waals surface area contributed by atoms with Gasteiger partial charge < -0.3 is 10.2 Å². The minimum Gasteiger partial charge on any atom is -0.359 e. The fraction of sp³-hybridized carbons (Fsp3) is 0.150. The minimum absolute atomic E-state index is 0.192. The Morgan fingerprint density at radius 3 is 2.46 bits per heavy atom. The number of benzene rings is 1. The van der Waals surface area contributed by atoms with Crippen molar-refractivity contribution in [3.05, 3.63) is 83.3 Å². The van der Waals surface area contributed by atoms with Gasteiger partial charge in [-0.25, -0.2) is 4.98 Å². The molecule has 5 nitrogen and oxygen atoms in total. The fourth-order valence-electron chi connectivity index (χ4n) is 2.45. The van der Waals surface area contributed by atoms with Crippen molar-refractivity contribution in [1.82, 2.24) is 9.97 Å². The maximum atomic E-state index is 12.2. The molecule has 0 unspecified atom stereocenters. The molecule has 2 aromatic heterocycles. The predicted molar refractivity (Wildman–Crippen MR) is 105 cm³/mol. The van der Waals surface area contributed by atoms with Gasteiger partial charge in [-0.05, 0) is 60.5 Å². The number of nitrogens with one attached hydrogen (secondary N) is 1. The molecule has 1 amide bonds. The lowest BCUT2D eigenvalue weighted by atomic mass is 10.2. The molecule has 0 bridgehead atoms. The number of carbonyl (C=O) groups is 1. The van der Waals surface area contributed by atoms with Crippen LogP contribution in [0.2, 0.25) is 5.02 Å². The topological polar surface area (TPSA) is 58.1 Å². The molecule has 1 aromatic carbocycles. The van der Waals surface area contributed by atoms with Gasteiger partial charge in [-0.3, -0.25) is 9.78 Å². The van der Waals surface area contributed by atoms with Gasteiger partial charge in [-0.15, -0.1) is 0 Å². The van der Waals surface area contributed by atoms with Crippen molar-refractivity contribution in [3.63, 3.8) is 0 Å². The predicted octanol–water partition coefficient (Wildman–Crippen LogP) is 4.06. The van der Waals surface area contributed by atoms with Crippen LogP contribution in [0, 0.1) is 0 Å². The summed E-state index contributed by atoms with van der Waals surface area (Å²) in [5.41, 5.74) is 2.43. The zero-order valence-corrected chi connectivity index (χ0v) is 15.1. The van der Waals surface area contributed by atoms with Crippen LogP contribution in [0.3, 0.4) is 0 Å². The van der Waals surface area contributed by atoms with E-state index in [1.165, 1.54) is 5.56 Å². The molecule has 0 fully saturated rings. The number of halogens is 1.